The van der Waals surface area contributed by atoms with Crippen LogP contribution < -0.4 is 9.64 Å². The number of aliphatic hydroxyl groups excluding tert-OH is 1. The Morgan fingerprint density at radius 3 is 2.51 bits per heavy atom. The van der Waals surface area contributed by atoms with Crippen LogP contribution in [0.2, 0.25) is 0 Å². The maximum Gasteiger partial charge on any atom is 0.316 e. The first-order valence-corrected chi connectivity index (χ1v) is 12.5. The largest absolute Gasteiger partial charge is 0.467 e. The van der Waals surface area contributed by atoms with Crippen molar-refractivity contribution in [3.8, 4) is 17.4 Å². The highest BCUT2D eigenvalue weighted by atomic mass is 32.1. The number of aliphatic hydroxyl groups is 1. The summed E-state index contributed by atoms with van der Waals surface area (Å²) in [5.74, 6) is 1.29. The first-order chi connectivity index (χ1) is 17.0. The Morgan fingerprint density at radius 1 is 1.14 bits per heavy atom. The van der Waals surface area contributed by atoms with Crippen LogP contribution in [0.1, 0.15) is 11.8 Å². The molecule has 1 atom stereocenters. The van der Waals surface area contributed by atoms with Crippen molar-refractivity contribution in [3.05, 3.63) is 23.3 Å². The minimum atomic E-state index is -0.952. The molecule has 2 saturated heterocycles. The fraction of sp³-hybridized carbons (Fsp3) is 0.522. The maximum absolute atomic E-state index is 12.1. The molecule has 0 aliphatic carbocycles. The molecule has 1 N–H and O–H groups in total. The molecule has 0 saturated carbocycles. The highest BCUT2D eigenvalue weighted by Gasteiger charge is 2.25. The number of hydrogen-bond acceptors (Lipinski definition) is 11. The SMILES string of the molecule is COc1ncc(-c2nc(N3CCOCC3)c3sc(CN4CCN(C(=O)[C@H](C)O)CC4)cc3n2)cn1. The number of piperazine rings is 1. The van der Waals surface area contributed by atoms with E-state index in [-0.39, 0.29) is 5.91 Å². The molecule has 0 radical (unpaired) electrons. The Kier molecular flexibility index (Phi) is 7.04. The lowest BCUT2D eigenvalue weighted by atomic mass is 10.2. The Labute approximate surface area is 207 Å². The third-order valence-electron chi connectivity index (χ3n) is 6.21. The van der Waals surface area contributed by atoms with E-state index in [0.29, 0.717) is 38.1 Å². The van der Waals surface area contributed by atoms with Crippen molar-refractivity contribution in [3.63, 3.8) is 0 Å². The van der Waals surface area contributed by atoms with Crippen molar-refractivity contribution in [2.75, 3.05) is 64.5 Å². The molecule has 0 spiro atoms. The number of morpholine rings is 1. The summed E-state index contributed by atoms with van der Waals surface area (Å²) in [5.41, 5.74) is 1.63. The zero-order valence-electron chi connectivity index (χ0n) is 19.9. The fourth-order valence-corrected chi connectivity index (χ4v) is 5.46. The Hall–Kier alpha value is -2.93. The third-order valence-corrected chi connectivity index (χ3v) is 7.31. The molecule has 186 valence electrons. The lowest BCUT2D eigenvalue weighted by molar-refractivity contribution is -0.141. The molecular formula is C23H29N7O4S. The molecule has 0 aromatic carbocycles. The summed E-state index contributed by atoms with van der Waals surface area (Å²) in [6, 6.07) is 2.43. The zero-order valence-corrected chi connectivity index (χ0v) is 20.7. The standard InChI is InChI=1S/C23H29N7O4S/c1-15(31)22(32)30-5-3-28(4-6-30)14-17-11-18-19(35-17)21(29-7-9-34-10-8-29)27-20(26-18)16-12-24-23(33-2)25-13-16/h11-13,15,31H,3-10,14H2,1-2H3/t15-/m0/s1. The van der Waals surface area contributed by atoms with Crippen molar-refractivity contribution in [1.82, 2.24) is 29.7 Å². The number of thiophene rings is 1. The minimum Gasteiger partial charge on any atom is -0.467 e. The number of carbonyl (C=O) groups is 1. The number of ether oxygens (including phenoxy) is 2. The van der Waals surface area contributed by atoms with Crippen LogP contribution >= 0.6 is 11.3 Å². The summed E-state index contributed by atoms with van der Waals surface area (Å²) >= 11 is 1.71. The number of anilines is 1. The van der Waals surface area contributed by atoms with Crippen LogP contribution in [-0.4, -0.2) is 106 Å². The molecule has 5 rings (SSSR count). The second-order valence-corrected chi connectivity index (χ2v) is 9.77. The first-order valence-electron chi connectivity index (χ1n) is 11.7. The van der Waals surface area contributed by atoms with Crippen molar-refractivity contribution < 1.29 is 19.4 Å². The molecule has 3 aromatic rings. The van der Waals surface area contributed by atoms with Gasteiger partial charge in [0.1, 0.15) is 6.10 Å². The molecule has 35 heavy (non-hydrogen) atoms. The molecule has 2 aliphatic heterocycles. The van der Waals surface area contributed by atoms with Gasteiger partial charge in [-0.2, -0.15) is 0 Å². The van der Waals surface area contributed by atoms with Gasteiger partial charge in [0, 0.05) is 63.1 Å². The molecule has 0 bridgehead atoms. The lowest BCUT2D eigenvalue weighted by Gasteiger charge is -2.35. The molecule has 2 fully saturated rings. The molecule has 3 aromatic heterocycles. The fourth-order valence-electron chi connectivity index (χ4n) is 4.31. The van der Waals surface area contributed by atoms with E-state index in [0.717, 1.165) is 54.3 Å². The van der Waals surface area contributed by atoms with Crippen molar-refractivity contribution in [2.24, 2.45) is 0 Å². The smallest absolute Gasteiger partial charge is 0.316 e. The second-order valence-electron chi connectivity index (χ2n) is 8.63. The van der Waals surface area contributed by atoms with Crippen LogP contribution in [-0.2, 0) is 16.1 Å². The van der Waals surface area contributed by atoms with Gasteiger partial charge in [0.2, 0.25) is 0 Å². The Bertz CT molecular complexity index is 1170. The quantitative estimate of drug-likeness (QED) is 0.527. The van der Waals surface area contributed by atoms with Gasteiger partial charge in [-0.3, -0.25) is 9.69 Å². The van der Waals surface area contributed by atoms with Crippen LogP contribution in [0.25, 0.3) is 21.6 Å². The van der Waals surface area contributed by atoms with E-state index in [1.165, 1.54) is 18.9 Å². The monoisotopic (exact) mass is 499 g/mol. The number of hydrogen-bond donors (Lipinski definition) is 1. The molecule has 1 amide bonds. The van der Waals surface area contributed by atoms with Crippen LogP contribution in [0.4, 0.5) is 5.82 Å². The maximum atomic E-state index is 12.1. The van der Waals surface area contributed by atoms with E-state index in [2.05, 4.69) is 25.8 Å². The first kappa shape index (κ1) is 23.8. The van der Waals surface area contributed by atoms with Gasteiger partial charge in [-0.05, 0) is 13.0 Å². The van der Waals surface area contributed by atoms with Crippen LogP contribution in [0.15, 0.2) is 18.5 Å². The summed E-state index contributed by atoms with van der Waals surface area (Å²) in [6.07, 6.45) is 2.40. The van der Waals surface area contributed by atoms with E-state index < -0.39 is 6.10 Å². The van der Waals surface area contributed by atoms with Crippen molar-refractivity contribution >= 4 is 33.3 Å². The molecule has 12 heteroatoms. The lowest BCUT2D eigenvalue weighted by Crippen LogP contribution is -2.50. The van der Waals surface area contributed by atoms with Gasteiger partial charge >= 0.3 is 6.01 Å². The number of rotatable bonds is 6. The predicted octanol–water partition coefficient (Wildman–Crippen LogP) is 1.02. The van der Waals surface area contributed by atoms with Crippen molar-refractivity contribution in [1.29, 1.82) is 0 Å². The van der Waals surface area contributed by atoms with Gasteiger partial charge < -0.3 is 24.4 Å². The average Bonchev–Trinajstić information content (AvgIpc) is 3.31. The number of fused-ring (bicyclic) bond motifs is 1. The van der Waals surface area contributed by atoms with Gasteiger partial charge in [0.05, 0.1) is 36.1 Å². The van der Waals surface area contributed by atoms with E-state index in [1.54, 1.807) is 28.6 Å². The van der Waals surface area contributed by atoms with Gasteiger partial charge in [-0.1, -0.05) is 0 Å². The van der Waals surface area contributed by atoms with Crippen LogP contribution in [0.5, 0.6) is 6.01 Å². The molecule has 0 unspecified atom stereocenters. The highest BCUT2D eigenvalue weighted by Crippen LogP contribution is 2.35. The van der Waals surface area contributed by atoms with Crippen LogP contribution in [0, 0.1) is 0 Å². The minimum absolute atomic E-state index is 0.202. The average molecular weight is 500 g/mol. The summed E-state index contributed by atoms with van der Waals surface area (Å²) < 4.78 is 11.7. The number of amides is 1. The topological polar surface area (TPSA) is 117 Å². The van der Waals surface area contributed by atoms with Gasteiger partial charge in [0.15, 0.2) is 11.6 Å². The van der Waals surface area contributed by atoms with E-state index in [1.807, 2.05) is 0 Å². The summed E-state index contributed by atoms with van der Waals surface area (Å²) in [4.78, 5) is 37.8. The number of nitrogens with zero attached hydrogens (tertiary/aromatic N) is 7. The predicted molar refractivity (Wildman–Crippen MR) is 132 cm³/mol. The molecule has 2 aliphatic rings. The molecular weight excluding hydrogens is 470 g/mol. The number of carbonyl (C=O) groups excluding carboxylic acids is 1. The molecule has 11 nitrogen and oxygen atoms in total. The van der Waals surface area contributed by atoms with Gasteiger partial charge in [-0.25, -0.2) is 19.9 Å². The number of aromatic nitrogens is 4. The summed E-state index contributed by atoms with van der Waals surface area (Å²) in [7, 11) is 1.53. The summed E-state index contributed by atoms with van der Waals surface area (Å²) in [5, 5.41) is 9.58. The van der Waals surface area contributed by atoms with E-state index in [9.17, 15) is 9.90 Å². The van der Waals surface area contributed by atoms with E-state index in [4.69, 9.17) is 19.4 Å². The van der Waals surface area contributed by atoms with Crippen LogP contribution in [0.3, 0.4) is 0 Å². The van der Waals surface area contributed by atoms with Gasteiger partial charge in [-0.15, -0.1) is 11.3 Å². The normalized spacial score (nSPS) is 18.1. The van der Waals surface area contributed by atoms with E-state index >= 15 is 0 Å². The highest BCUT2D eigenvalue weighted by molar-refractivity contribution is 7.19. The zero-order chi connectivity index (χ0) is 24.4. The Balaban J connectivity index is 1.41. The Morgan fingerprint density at radius 2 is 1.86 bits per heavy atom. The van der Waals surface area contributed by atoms with Gasteiger partial charge in [0.25, 0.3) is 5.91 Å². The molecule has 5 heterocycles. The summed E-state index contributed by atoms with van der Waals surface area (Å²) in [6.45, 7) is 7.96. The second kappa shape index (κ2) is 10.4. The third kappa shape index (κ3) is 5.20. The number of methoxy groups -OCH3 is 1. The van der Waals surface area contributed by atoms with Crippen molar-refractivity contribution in [2.45, 2.75) is 19.6 Å².